The van der Waals surface area contributed by atoms with Crippen molar-refractivity contribution in [2.45, 2.75) is 25.8 Å². The Hall–Kier alpha value is -1.56. The first-order valence-corrected chi connectivity index (χ1v) is 5.31. The Kier molecular flexibility index (Phi) is 3.09. The van der Waals surface area contributed by atoms with Gasteiger partial charge in [0.15, 0.2) is 0 Å². The third-order valence-electron chi connectivity index (χ3n) is 2.93. The van der Waals surface area contributed by atoms with Crippen LogP contribution in [0.1, 0.15) is 25.0 Å². The molecule has 1 aliphatic rings. The van der Waals surface area contributed by atoms with Gasteiger partial charge in [0.1, 0.15) is 11.6 Å². The van der Waals surface area contributed by atoms with Crippen LogP contribution in [0.4, 0.5) is 0 Å². The molecule has 6 nitrogen and oxygen atoms in total. The normalized spacial score (nSPS) is 18.6. The van der Waals surface area contributed by atoms with Gasteiger partial charge in [-0.3, -0.25) is 0 Å². The molecular weight excluding hydrogens is 208 g/mol. The Morgan fingerprint density at radius 3 is 3.06 bits per heavy atom. The zero-order valence-corrected chi connectivity index (χ0v) is 9.02. The van der Waals surface area contributed by atoms with E-state index in [0.717, 1.165) is 25.1 Å². The van der Waals surface area contributed by atoms with Gasteiger partial charge in [0.05, 0.1) is 12.7 Å². The van der Waals surface area contributed by atoms with Gasteiger partial charge >= 0.3 is 0 Å². The molecule has 2 rings (SSSR count). The summed E-state index contributed by atoms with van der Waals surface area (Å²) in [4.78, 5) is 0. The van der Waals surface area contributed by atoms with Gasteiger partial charge in [-0.25, -0.2) is 0 Å². The maximum Gasteiger partial charge on any atom is 0.150 e. The van der Waals surface area contributed by atoms with E-state index in [9.17, 15) is 0 Å². The van der Waals surface area contributed by atoms with Crippen molar-refractivity contribution in [2.75, 3.05) is 6.54 Å². The van der Waals surface area contributed by atoms with Crippen LogP contribution < -0.4 is 11.1 Å². The first-order chi connectivity index (χ1) is 7.74. The fourth-order valence-corrected chi connectivity index (χ4v) is 1.80. The maximum atomic E-state index is 8.52. The van der Waals surface area contributed by atoms with Gasteiger partial charge in [-0.05, 0) is 18.3 Å². The second-order valence-electron chi connectivity index (χ2n) is 4.35. The van der Waals surface area contributed by atoms with Crippen molar-refractivity contribution < 1.29 is 9.73 Å². The Bertz CT molecular complexity index is 357. The summed E-state index contributed by atoms with van der Waals surface area (Å²) in [6, 6.07) is 1.83. The van der Waals surface area contributed by atoms with E-state index in [1.54, 1.807) is 6.20 Å². The molecule has 88 valence electrons. The first-order valence-electron chi connectivity index (χ1n) is 5.31. The van der Waals surface area contributed by atoms with E-state index < -0.39 is 0 Å². The van der Waals surface area contributed by atoms with Gasteiger partial charge in [0.25, 0.3) is 0 Å². The number of nitrogens with one attached hydrogen (secondary N) is 1. The Labute approximate surface area is 93.5 Å². The van der Waals surface area contributed by atoms with Crippen molar-refractivity contribution in [1.29, 1.82) is 0 Å². The predicted octanol–water partition coefficient (Wildman–Crippen LogP) is 0.681. The number of rotatable bonds is 6. The van der Waals surface area contributed by atoms with Gasteiger partial charge in [0.2, 0.25) is 0 Å². The summed E-state index contributed by atoms with van der Waals surface area (Å²) in [6.07, 6.45) is 4.51. The maximum absolute atomic E-state index is 8.52. The molecule has 0 atom stereocenters. The summed E-state index contributed by atoms with van der Waals surface area (Å²) in [6.45, 7) is 1.52. The topological polar surface area (TPSA) is 96.7 Å². The second kappa shape index (κ2) is 4.52. The van der Waals surface area contributed by atoms with Crippen molar-refractivity contribution in [1.82, 2.24) is 10.5 Å². The second-order valence-corrected chi connectivity index (χ2v) is 4.35. The average molecular weight is 224 g/mol. The molecule has 1 aromatic heterocycles. The highest BCUT2D eigenvalue weighted by atomic mass is 16.5. The molecule has 16 heavy (non-hydrogen) atoms. The van der Waals surface area contributed by atoms with E-state index in [1.807, 2.05) is 6.07 Å². The summed E-state index contributed by atoms with van der Waals surface area (Å²) >= 11 is 0. The van der Waals surface area contributed by atoms with Crippen molar-refractivity contribution in [3.8, 4) is 0 Å². The van der Waals surface area contributed by atoms with E-state index >= 15 is 0 Å². The molecule has 0 bridgehead atoms. The number of nitrogens with zero attached hydrogens (tertiary/aromatic N) is 2. The predicted molar refractivity (Wildman–Crippen MR) is 57.9 cm³/mol. The lowest BCUT2D eigenvalue weighted by Crippen LogP contribution is -2.28. The Balaban J connectivity index is 1.73. The molecular formula is C10H16N4O2. The molecule has 1 aliphatic carbocycles. The molecule has 4 N–H and O–H groups in total. The van der Waals surface area contributed by atoms with Crippen LogP contribution in [0.3, 0.4) is 0 Å². The highest BCUT2D eigenvalue weighted by Crippen LogP contribution is 2.48. The SMILES string of the molecule is NC(CC1(CNCc2ccno2)CC1)=NO. The molecule has 1 saturated carbocycles. The van der Waals surface area contributed by atoms with Crippen LogP contribution in [0.5, 0.6) is 0 Å². The summed E-state index contributed by atoms with van der Waals surface area (Å²) in [5, 5.41) is 18.5. The zero-order valence-electron chi connectivity index (χ0n) is 9.02. The minimum absolute atomic E-state index is 0.177. The van der Waals surface area contributed by atoms with E-state index in [0.29, 0.717) is 18.8 Å². The molecule has 1 fully saturated rings. The molecule has 0 spiro atoms. The van der Waals surface area contributed by atoms with E-state index in [2.05, 4.69) is 15.6 Å². The molecule has 6 heteroatoms. The highest BCUT2D eigenvalue weighted by molar-refractivity contribution is 5.80. The largest absolute Gasteiger partial charge is 0.409 e. The van der Waals surface area contributed by atoms with Gasteiger partial charge in [-0.1, -0.05) is 10.3 Å². The monoisotopic (exact) mass is 224 g/mol. The molecule has 0 radical (unpaired) electrons. The van der Waals surface area contributed by atoms with Crippen LogP contribution in [0.2, 0.25) is 0 Å². The number of hydrogen-bond acceptors (Lipinski definition) is 5. The van der Waals surface area contributed by atoms with Crippen LogP contribution in [0.15, 0.2) is 21.9 Å². The third kappa shape index (κ3) is 2.73. The van der Waals surface area contributed by atoms with Gasteiger partial charge in [-0.2, -0.15) is 0 Å². The molecule has 0 aromatic carbocycles. The number of aromatic nitrogens is 1. The molecule has 0 saturated heterocycles. The van der Waals surface area contributed by atoms with Gasteiger partial charge < -0.3 is 20.8 Å². The highest BCUT2D eigenvalue weighted by Gasteiger charge is 2.42. The number of oxime groups is 1. The quantitative estimate of drug-likeness (QED) is 0.286. The summed E-state index contributed by atoms with van der Waals surface area (Å²) in [5.41, 5.74) is 5.69. The summed E-state index contributed by atoms with van der Waals surface area (Å²) in [7, 11) is 0. The molecule has 1 heterocycles. The average Bonchev–Trinajstić information content (AvgIpc) is 2.83. The number of amidine groups is 1. The molecule has 1 aromatic rings. The smallest absolute Gasteiger partial charge is 0.150 e. The lowest BCUT2D eigenvalue weighted by Gasteiger charge is -2.14. The lowest BCUT2D eigenvalue weighted by molar-refractivity contribution is 0.313. The minimum Gasteiger partial charge on any atom is -0.409 e. The molecule has 0 amide bonds. The van der Waals surface area contributed by atoms with Crippen LogP contribution in [-0.2, 0) is 6.54 Å². The van der Waals surface area contributed by atoms with Gasteiger partial charge in [0, 0.05) is 19.0 Å². The van der Waals surface area contributed by atoms with Crippen molar-refractivity contribution >= 4 is 5.84 Å². The fourth-order valence-electron chi connectivity index (χ4n) is 1.80. The third-order valence-corrected chi connectivity index (χ3v) is 2.93. The standard InChI is InChI=1S/C10H16N4O2/c11-9(14-15)5-10(2-3-10)7-12-6-8-1-4-13-16-8/h1,4,12,15H,2-3,5-7H2,(H2,11,14). The minimum atomic E-state index is 0.177. The fraction of sp³-hybridized carbons (Fsp3) is 0.600. The molecule has 0 unspecified atom stereocenters. The van der Waals surface area contributed by atoms with Crippen LogP contribution in [-0.4, -0.2) is 22.7 Å². The van der Waals surface area contributed by atoms with Crippen molar-refractivity contribution in [3.05, 3.63) is 18.0 Å². The van der Waals surface area contributed by atoms with E-state index in [4.69, 9.17) is 15.5 Å². The summed E-state index contributed by atoms with van der Waals surface area (Å²) in [5.74, 6) is 1.12. The van der Waals surface area contributed by atoms with Crippen molar-refractivity contribution in [2.24, 2.45) is 16.3 Å². The van der Waals surface area contributed by atoms with Crippen molar-refractivity contribution in [3.63, 3.8) is 0 Å². The zero-order chi connectivity index (χ0) is 11.4. The van der Waals surface area contributed by atoms with E-state index in [-0.39, 0.29) is 5.41 Å². The Morgan fingerprint density at radius 2 is 2.50 bits per heavy atom. The number of nitrogens with two attached hydrogens (primary N) is 1. The van der Waals surface area contributed by atoms with E-state index in [1.165, 1.54) is 0 Å². The summed E-state index contributed by atoms with van der Waals surface area (Å²) < 4.78 is 4.97. The Morgan fingerprint density at radius 1 is 1.69 bits per heavy atom. The van der Waals surface area contributed by atoms with Crippen LogP contribution in [0.25, 0.3) is 0 Å². The van der Waals surface area contributed by atoms with Crippen LogP contribution in [0, 0.1) is 5.41 Å². The first kappa shape index (κ1) is 10.9. The molecule has 0 aliphatic heterocycles. The van der Waals surface area contributed by atoms with Gasteiger partial charge in [-0.15, -0.1) is 0 Å². The lowest BCUT2D eigenvalue weighted by atomic mass is 10.0. The number of hydrogen-bond donors (Lipinski definition) is 3. The van der Waals surface area contributed by atoms with Crippen LogP contribution >= 0.6 is 0 Å².